The third-order valence-corrected chi connectivity index (χ3v) is 17.5. The molecule has 33 heavy (non-hydrogen) atoms. The second kappa shape index (κ2) is 8.32. The summed E-state index contributed by atoms with van der Waals surface area (Å²) in [6.07, 6.45) is 0. The minimum atomic E-state index is -2.10. The molecule has 1 heterocycles. The number of hydrogen-bond acceptors (Lipinski definition) is 0. The van der Waals surface area contributed by atoms with Gasteiger partial charge in [-0.25, -0.2) is 0 Å². The van der Waals surface area contributed by atoms with E-state index in [1.807, 2.05) is 0 Å². The van der Waals surface area contributed by atoms with E-state index in [-0.39, 0.29) is 0 Å². The van der Waals surface area contributed by atoms with Gasteiger partial charge in [0.25, 0.3) is 0 Å². The maximum absolute atomic E-state index is 2.61. The molecule has 1 atom stereocenters. The van der Waals surface area contributed by atoms with E-state index < -0.39 is 6.68 Å². The second-order valence-electron chi connectivity index (χ2n) is 8.64. The summed E-state index contributed by atoms with van der Waals surface area (Å²) in [7, 11) is 0. The van der Waals surface area contributed by atoms with Crippen molar-refractivity contribution in [2.24, 2.45) is 0 Å². The molecule has 0 bridgehead atoms. The van der Waals surface area contributed by atoms with Crippen molar-refractivity contribution in [2.45, 2.75) is 6.55 Å². The van der Waals surface area contributed by atoms with Crippen molar-refractivity contribution >= 4 is 52.2 Å². The Kier molecular flexibility index (Phi) is 5.15. The Balaban J connectivity index is 1.77. The van der Waals surface area contributed by atoms with Crippen LogP contribution in [0.1, 0.15) is 16.7 Å². The molecular weight excluding hydrogens is 479 g/mol. The van der Waals surface area contributed by atoms with E-state index in [9.17, 15) is 0 Å². The fraction of sp³-hybridized carbons (Fsp3) is 0.0323. The van der Waals surface area contributed by atoms with Gasteiger partial charge in [-0.3, -0.25) is 0 Å². The molecule has 0 fully saturated rings. The summed E-state index contributed by atoms with van der Waals surface area (Å²) in [5.74, 6) is 0. The van der Waals surface area contributed by atoms with Crippen molar-refractivity contribution in [1.29, 1.82) is 0 Å². The van der Waals surface area contributed by atoms with Gasteiger partial charge in [0.05, 0.1) is 0 Å². The second-order valence-corrected chi connectivity index (χ2v) is 19.4. The first-order valence-electron chi connectivity index (χ1n) is 11.4. The molecule has 1 unspecified atom stereocenters. The van der Waals surface area contributed by atoms with Crippen LogP contribution in [0.2, 0.25) is 6.55 Å². The molecule has 6 rings (SSSR count). The van der Waals surface area contributed by atoms with Gasteiger partial charge in [0, 0.05) is 0 Å². The maximum atomic E-state index is 2.61. The Morgan fingerprint density at radius 3 is 1.79 bits per heavy atom. The summed E-state index contributed by atoms with van der Waals surface area (Å²) in [6.45, 7) is 0.505. The Labute approximate surface area is 202 Å². The zero-order valence-electron chi connectivity index (χ0n) is 18.5. The predicted molar refractivity (Wildman–Crippen MR) is 146 cm³/mol. The van der Waals surface area contributed by atoms with E-state index >= 15 is 0 Å². The van der Waals surface area contributed by atoms with E-state index in [4.69, 9.17) is 0 Å². The van der Waals surface area contributed by atoms with Gasteiger partial charge in [-0.15, -0.1) is 0 Å². The minimum absolute atomic E-state index is 0.335. The van der Waals surface area contributed by atoms with Crippen LogP contribution < -0.4 is 9.65 Å². The van der Waals surface area contributed by atoms with Gasteiger partial charge < -0.3 is 0 Å². The van der Waals surface area contributed by atoms with E-state index in [2.05, 4.69) is 134 Å². The third-order valence-electron chi connectivity index (χ3n) is 6.61. The van der Waals surface area contributed by atoms with Crippen LogP contribution in [0, 0.1) is 0 Å². The fourth-order valence-corrected chi connectivity index (χ4v) is 16.9. The number of rotatable bonds is 4. The van der Waals surface area contributed by atoms with Crippen LogP contribution in [0.25, 0.3) is 21.5 Å². The Bertz CT molecular complexity index is 1470. The molecule has 5 aromatic rings. The van der Waals surface area contributed by atoms with Gasteiger partial charge >= 0.3 is 203 Å². The Morgan fingerprint density at radius 1 is 0.545 bits per heavy atom. The molecule has 2 heteroatoms. The van der Waals surface area contributed by atoms with Crippen LogP contribution in [0.4, 0.5) is 0 Å². The van der Waals surface area contributed by atoms with Crippen molar-refractivity contribution < 1.29 is 0 Å². The molecule has 0 saturated carbocycles. The van der Waals surface area contributed by atoms with Crippen LogP contribution in [0.5, 0.6) is 0 Å². The standard InChI is InChI=1S/C31H24SeSi/c1-33(32-26-19-9-4-10-20-26)28-22-12-18-23-17-11-21-27(29(23)28)30(24-13-5-2-6-14-24)31(33)25-15-7-3-8-16-25/h2-22H,1H3. The summed E-state index contributed by atoms with van der Waals surface area (Å²) in [6, 6.07) is 47.2. The molecule has 0 amide bonds. The molecule has 5 aromatic carbocycles. The fourth-order valence-electron chi connectivity index (χ4n) is 5.21. The van der Waals surface area contributed by atoms with Crippen LogP contribution in [0.3, 0.4) is 0 Å². The summed E-state index contributed by atoms with van der Waals surface area (Å²) in [5, 5.41) is 5.97. The van der Waals surface area contributed by atoms with Crippen molar-refractivity contribution in [3.8, 4) is 0 Å². The van der Waals surface area contributed by atoms with Crippen LogP contribution in [-0.4, -0.2) is 21.0 Å². The zero-order chi connectivity index (χ0) is 22.3. The van der Waals surface area contributed by atoms with Gasteiger partial charge in [-0.1, -0.05) is 0 Å². The van der Waals surface area contributed by atoms with Crippen molar-refractivity contribution in [3.63, 3.8) is 0 Å². The SMILES string of the molecule is C[Si]1([Se]c2ccccc2)C(c2ccccc2)=C(c2ccccc2)c2cccc3cccc1c23. The molecule has 0 spiro atoms. The molecule has 1 aliphatic rings. The first-order valence-corrected chi connectivity index (χ1v) is 17.2. The number of benzene rings is 5. The van der Waals surface area contributed by atoms with Crippen LogP contribution >= 0.6 is 0 Å². The van der Waals surface area contributed by atoms with Gasteiger partial charge in [0.1, 0.15) is 0 Å². The molecule has 0 nitrogen and oxygen atoms in total. The molecule has 0 radical (unpaired) electrons. The first kappa shape index (κ1) is 20.4. The van der Waals surface area contributed by atoms with E-state index in [1.165, 1.54) is 37.5 Å². The molecule has 0 aliphatic carbocycles. The summed E-state index contributed by atoms with van der Waals surface area (Å²) in [4.78, 5) is 0. The van der Waals surface area contributed by atoms with Crippen LogP contribution in [-0.2, 0) is 0 Å². The molecule has 158 valence electrons. The van der Waals surface area contributed by atoms with E-state index in [0.717, 1.165) is 0 Å². The van der Waals surface area contributed by atoms with Crippen LogP contribution in [0.15, 0.2) is 127 Å². The Morgan fingerprint density at radius 2 is 1.12 bits per heavy atom. The van der Waals surface area contributed by atoms with Gasteiger partial charge in [0.15, 0.2) is 0 Å². The van der Waals surface area contributed by atoms with E-state index in [0.29, 0.717) is 14.3 Å². The summed E-state index contributed by atoms with van der Waals surface area (Å²) < 4.78 is 1.48. The molecular formula is C31H24SeSi. The Hall–Kier alpha value is -3.16. The first-order chi connectivity index (χ1) is 16.3. The average molecular weight is 504 g/mol. The topological polar surface area (TPSA) is 0 Å². The normalized spacial score (nSPS) is 17.4. The zero-order valence-corrected chi connectivity index (χ0v) is 21.2. The summed E-state index contributed by atoms with van der Waals surface area (Å²) in [5.41, 5.74) is 5.50. The average Bonchev–Trinajstić information content (AvgIpc) is 2.88. The van der Waals surface area contributed by atoms with Crippen molar-refractivity contribution in [3.05, 3.63) is 144 Å². The van der Waals surface area contributed by atoms with E-state index in [1.54, 1.807) is 10.4 Å². The molecule has 1 aliphatic heterocycles. The van der Waals surface area contributed by atoms with Crippen molar-refractivity contribution in [2.75, 3.05) is 0 Å². The summed E-state index contributed by atoms with van der Waals surface area (Å²) >= 11 is 0.335. The van der Waals surface area contributed by atoms with Crippen molar-refractivity contribution in [1.82, 2.24) is 0 Å². The monoisotopic (exact) mass is 504 g/mol. The molecule has 0 aromatic heterocycles. The van der Waals surface area contributed by atoms with Gasteiger partial charge in [-0.2, -0.15) is 0 Å². The molecule has 0 saturated heterocycles. The third kappa shape index (κ3) is 3.43. The quantitative estimate of drug-likeness (QED) is 0.258. The number of hydrogen-bond donors (Lipinski definition) is 0. The van der Waals surface area contributed by atoms with Gasteiger partial charge in [0.2, 0.25) is 0 Å². The predicted octanol–water partition coefficient (Wildman–Crippen LogP) is 6.16. The molecule has 0 N–H and O–H groups in total. The van der Waals surface area contributed by atoms with Gasteiger partial charge in [-0.05, 0) is 0 Å².